The maximum absolute atomic E-state index is 4.04. The third-order valence-corrected chi connectivity index (χ3v) is 2.32. The fourth-order valence-corrected chi connectivity index (χ4v) is 1.58. The zero-order valence-corrected chi connectivity index (χ0v) is 9.66. The van der Waals surface area contributed by atoms with E-state index < -0.39 is 0 Å². The molecule has 0 saturated carbocycles. The highest BCUT2D eigenvalue weighted by Crippen LogP contribution is 2.17. The van der Waals surface area contributed by atoms with Gasteiger partial charge in [-0.3, -0.25) is 4.98 Å². The van der Waals surface area contributed by atoms with Gasteiger partial charge >= 0.3 is 0 Å². The molecular formula is C13H20N2. The Bertz CT molecular complexity index is 291. The molecule has 1 aromatic rings. The third-order valence-electron chi connectivity index (χ3n) is 2.32. The molecule has 1 aromatic heterocycles. The quantitative estimate of drug-likeness (QED) is 0.721. The van der Waals surface area contributed by atoms with Crippen molar-refractivity contribution in [3.05, 3.63) is 36.2 Å². The second kappa shape index (κ2) is 7.18. The minimum atomic E-state index is 1.04. The van der Waals surface area contributed by atoms with Gasteiger partial charge in [0.25, 0.3) is 0 Å². The van der Waals surface area contributed by atoms with Gasteiger partial charge in [-0.05, 0) is 49.2 Å². The zero-order valence-electron chi connectivity index (χ0n) is 9.66. The smallest absolute Gasteiger partial charge is 0.0273 e. The average molecular weight is 204 g/mol. The summed E-state index contributed by atoms with van der Waals surface area (Å²) in [5, 5.41) is 3.35. The molecule has 0 aliphatic carbocycles. The fraction of sp³-hybridized carbons (Fsp3) is 0.462. The van der Waals surface area contributed by atoms with Crippen LogP contribution in [-0.4, -0.2) is 18.1 Å². The molecule has 2 nitrogen and oxygen atoms in total. The van der Waals surface area contributed by atoms with Crippen LogP contribution in [0.1, 0.15) is 32.3 Å². The first-order valence-corrected chi connectivity index (χ1v) is 5.68. The first-order valence-electron chi connectivity index (χ1n) is 5.68. The average Bonchev–Trinajstić information content (AvgIpc) is 2.29. The van der Waals surface area contributed by atoms with Crippen molar-refractivity contribution in [3.63, 3.8) is 0 Å². The topological polar surface area (TPSA) is 24.9 Å². The van der Waals surface area contributed by atoms with E-state index in [9.17, 15) is 0 Å². The van der Waals surface area contributed by atoms with E-state index in [0.29, 0.717) is 0 Å². The summed E-state index contributed by atoms with van der Waals surface area (Å²) in [4.78, 5) is 4.04. The van der Waals surface area contributed by atoms with E-state index >= 15 is 0 Å². The largest absolute Gasteiger partial charge is 0.317 e. The van der Waals surface area contributed by atoms with E-state index in [2.05, 4.69) is 42.4 Å². The lowest BCUT2D eigenvalue weighted by Gasteiger charge is -2.07. The van der Waals surface area contributed by atoms with Crippen LogP contribution < -0.4 is 5.32 Å². The van der Waals surface area contributed by atoms with E-state index in [1.165, 1.54) is 11.1 Å². The van der Waals surface area contributed by atoms with Crippen molar-refractivity contribution in [2.45, 2.75) is 26.7 Å². The molecule has 0 aliphatic rings. The molecule has 0 aliphatic heterocycles. The van der Waals surface area contributed by atoms with Crippen molar-refractivity contribution in [1.29, 1.82) is 0 Å². The summed E-state index contributed by atoms with van der Waals surface area (Å²) >= 11 is 0. The van der Waals surface area contributed by atoms with E-state index in [4.69, 9.17) is 0 Å². The highest BCUT2D eigenvalue weighted by atomic mass is 14.8. The number of hydrogen-bond donors (Lipinski definition) is 1. The molecule has 0 unspecified atom stereocenters. The van der Waals surface area contributed by atoms with Gasteiger partial charge in [-0.1, -0.05) is 19.9 Å². The van der Waals surface area contributed by atoms with Crippen LogP contribution in [-0.2, 0) is 0 Å². The van der Waals surface area contributed by atoms with E-state index in [1.807, 2.05) is 12.4 Å². The second-order valence-corrected chi connectivity index (χ2v) is 3.48. The highest BCUT2D eigenvalue weighted by molar-refractivity contribution is 5.65. The molecule has 0 spiro atoms. The monoisotopic (exact) mass is 204 g/mol. The summed E-state index contributed by atoms with van der Waals surface area (Å²) in [6.45, 7) is 6.39. The Hall–Kier alpha value is -1.15. The van der Waals surface area contributed by atoms with Gasteiger partial charge in [0.15, 0.2) is 0 Å². The van der Waals surface area contributed by atoms with Gasteiger partial charge in [0.1, 0.15) is 0 Å². The summed E-state index contributed by atoms with van der Waals surface area (Å²) in [5.74, 6) is 0. The first-order chi connectivity index (χ1) is 7.38. The molecule has 0 aromatic carbocycles. The zero-order chi connectivity index (χ0) is 10.9. The summed E-state index contributed by atoms with van der Waals surface area (Å²) in [6, 6.07) is 4.15. The molecule has 0 radical (unpaired) electrons. The number of nitrogens with one attached hydrogen (secondary N) is 1. The predicted molar refractivity (Wildman–Crippen MR) is 65.7 cm³/mol. The summed E-state index contributed by atoms with van der Waals surface area (Å²) in [5.41, 5.74) is 2.71. The molecule has 1 rings (SSSR count). The Morgan fingerprint density at radius 3 is 2.67 bits per heavy atom. The van der Waals surface area contributed by atoms with Gasteiger partial charge in [0.05, 0.1) is 0 Å². The number of hydrogen-bond acceptors (Lipinski definition) is 2. The Morgan fingerprint density at radius 2 is 2.07 bits per heavy atom. The molecule has 0 amide bonds. The minimum absolute atomic E-state index is 1.04. The number of allylic oxidation sites excluding steroid dienone is 1. The number of rotatable bonds is 6. The SMILES string of the molecule is CCC=C(CCNCC)c1ccncc1. The maximum Gasteiger partial charge on any atom is 0.0273 e. The normalized spacial score (nSPS) is 11.7. The number of nitrogens with zero attached hydrogens (tertiary/aromatic N) is 1. The maximum atomic E-state index is 4.04. The van der Waals surface area contributed by atoms with E-state index in [-0.39, 0.29) is 0 Å². The van der Waals surface area contributed by atoms with Crippen LogP contribution in [0.25, 0.3) is 5.57 Å². The summed E-state index contributed by atoms with van der Waals surface area (Å²) in [6.07, 6.45) is 8.18. The van der Waals surface area contributed by atoms with Crippen molar-refractivity contribution < 1.29 is 0 Å². The first kappa shape index (κ1) is 11.9. The van der Waals surface area contributed by atoms with E-state index in [1.54, 1.807) is 0 Å². The van der Waals surface area contributed by atoms with Crippen molar-refractivity contribution >= 4 is 5.57 Å². The van der Waals surface area contributed by atoms with Gasteiger partial charge in [-0.2, -0.15) is 0 Å². The molecule has 15 heavy (non-hydrogen) atoms. The van der Waals surface area contributed by atoms with Gasteiger partial charge < -0.3 is 5.32 Å². The molecule has 0 atom stereocenters. The third kappa shape index (κ3) is 4.26. The lowest BCUT2D eigenvalue weighted by molar-refractivity contribution is 0.731. The number of aromatic nitrogens is 1. The van der Waals surface area contributed by atoms with Gasteiger partial charge in [0, 0.05) is 12.4 Å². The van der Waals surface area contributed by atoms with Crippen molar-refractivity contribution in [3.8, 4) is 0 Å². The van der Waals surface area contributed by atoms with Crippen LogP contribution in [0.5, 0.6) is 0 Å². The van der Waals surface area contributed by atoms with Crippen LogP contribution in [0.15, 0.2) is 30.6 Å². The summed E-state index contributed by atoms with van der Waals surface area (Å²) < 4.78 is 0. The van der Waals surface area contributed by atoms with Gasteiger partial charge in [-0.15, -0.1) is 0 Å². The lowest BCUT2D eigenvalue weighted by Crippen LogP contribution is -2.14. The molecule has 0 saturated heterocycles. The molecule has 1 heterocycles. The molecule has 0 bridgehead atoms. The van der Waals surface area contributed by atoms with Gasteiger partial charge in [-0.25, -0.2) is 0 Å². The van der Waals surface area contributed by atoms with Crippen LogP contribution in [0.2, 0.25) is 0 Å². The van der Waals surface area contributed by atoms with Crippen molar-refractivity contribution in [2.24, 2.45) is 0 Å². The van der Waals surface area contributed by atoms with Crippen LogP contribution in [0, 0.1) is 0 Å². The second-order valence-electron chi connectivity index (χ2n) is 3.48. The standard InChI is InChI=1S/C13H20N2/c1-3-5-12(6-9-14-4-2)13-7-10-15-11-8-13/h5,7-8,10-11,14H,3-4,6,9H2,1-2H3. The lowest BCUT2D eigenvalue weighted by atomic mass is 10.0. The Morgan fingerprint density at radius 1 is 1.33 bits per heavy atom. The number of pyridine rings is 1. The molecule has 2 heteroatoms. The molecule has 1 N–H and O–H groups in total. The van der Waals surface area contributed by atoms with Crippen molar-refractivity contribution in [1.82, 2.24) is 10.3 Å². The van der Waals surface area contributed by atoms with Crippen molar-refractivity contribution in [2.75, 3.05) is 13.1 Å². The predicted octanol–water partition coefficient (Wildman–Crippen LogP) is 2.87. The molecule has 82 valence electrons. The summed E-state index contributed by atoms with van der Waals surface area (Å²) in [7, 11) is 0. The Labute approximate surface area is 92.4 Å². The Balaban J connectivity index is 2.63. The van der Waals surface area contributed by atoms with E-state index in [0.717, 1.165) is 25.9 Å². The van der Waals surface area contributed by atoms with Crippen LogP contribution in [0.4, 0.5) is 0 Å². The van der Waals surface area contributed by atoms with Crippen LogP contribution >= 0.6 is 0 Å². The molecule has 0 fully saturated rings. The highest BCUT2D eigenvalue weighted by Gasteiger charge is 1.99. The fourth-order valence-electron chi connectivity index (χ4n) is 1.58. The minimum Gasteiger partial charge on any atom is -0.317 e. The molecular weight excluding hydrogens is 184 g/mol. The van der Waals surface area contributed by atoms with Gasteiger partial charge in [0.2, 0.25) is 0 Å². The Kier molecular flexibility index (Phi) is 5.71. The van der Waals surface area contributed by atoms with Crippen LogP contribution in [0.3, 0.4) is 0 Å².